The van der Waals surface area contributed by atoms with Crippen LogP contribution in [0.2, 0.25) is 0 Å². The topological polar surface area (TPSA) is 55.6 Å². The number of carbonyl (C=O) groups excluding carboxylic acids is 1. The predicted molar refractivity (Wildman–Crippen MR) is 77.0 cm³/mol. The van der Waals surface area contributed by atoms with Crippen LogP contribution in [0.1, 0.15) is 20.3 Å². The molecule has 4 nitrogen and oxygen atoms in total. The largest absolute Gasteiger partial charge is 0.493 e. The summed E-state index contributed by atoms with van der Waals surface area (Å²) in [5.74, 6) is 0.259. The van der Waals surface area contributed by atoms with Gasteiger partial charge in [-0.2, -0.15) is 0 Å². The third-order valence-electron chi connectivity index (χ3n) is 3.04. The summed E-state index contributed by atoms with van der Waals surface area (Å²) in [6, 6.07) is 5.74. The zero-order valence-electron chi connectivity index (χ0n) is 12.4. The second-order valence-electron chi connectivity index (χ2n) is 5.67. The zero-order valence-corrected chi connectivity index (χ0v) is 12.4. The van der Waals surface area contributed by atoms with E-state index in [1.54, 1.807) is 24.1 Å². The SMILES string of the molecule is CN(CC(C)(C)CN)C(=O)CCOc1ccc(F)cc1. The van der Waals surface area contributed by atoms with Crippen molar-refractivity contribution < 1.29 is 13.9 Å². The monoisotopic (exact) mass is 282 g/mol. The predicted octanol–water partition coefficient (Wildman–Crippen LogP) is 2.04. The van der Waals surface area contributed by atoms with E-state index in [0.29, 0.717) is 18.8 Å². The molecule has 0 aromatic heterocycles. The van der Waals surface area contributed by atoms with Gasteiger partial charge in [-0.25, -0.2) is 4.39 Å². The standard InChI is InChI=1S/C15H23FN2O2/c1-15(2,10-17)11-18(3)14(19)8-9-20-13-6-4-12(16)5-7-13/h4-7H,8-11,17H2,1-3H3. The molecule has 1 aromatic carbocycles. The van der Waals surface area contributed by atoms with Crippen molar-refractivity contribution in [2.24, 2.45) is 11.1 Å². The van der Waals surface area contributed by atoms with E-state index in [2.05, 4.69) is 0 Å². The summed E-state index contributed by atoms with van der Waals surface area (Å²) in [7, 11) is 1.76. The molecule has 0 saturated heterocycles. The Morgan fingerprint density at radius 1 is 1.35 bits per heavy atom. The Morgan fingerprint density at radius 3 is 2.50 bits per heavy atom. The van der Waals surface area contributed by atoms with Crippen molar-refractivity contribution in [1.29, 1.82) is 0 Å². The molecule has 2 N–H and O–H groups in total. The molecular weight excluding hydrogens is 259 g/mol. The molecule has 0 radical (unpaired) electrons. The molecule has 0 saturated carbocycles. The molecular formula is C15H23FN2O2. The molecule has 0 aliphatic rings. The summed E-state index contributed by atoms with van der Waals surface area (Å²) in [6.45, 7) is 5.45. The molecule has 112 valence electrons. The second-order valence-corrected chi connectivity index (χ2v) is 5.67. The lowest BCUT2D eigenvalue weighted by atomic mass is 9.93. The molecule has 0 spiro atoms. The summed E-state index contributed by atoms with van der Waals surface area (Å²) in [4.78, 5) is 13.6. The molecule has 0 heterocycles. The smallest absolute Gasteiger partial charge is 0.225 e. The quantitative estimate of drug-likeness (QED) is 0.832. The molecule has 0 aliphatic heterocycles. The number of ether oxygens (including phenoxy) is 1. The number of carbonyl (C=O) groups is 1. The Balaban J connectivity index is 2.34. The second kappa shape index (κ2) is 7.24. The van der Waals surface area contributed by atoms with Gasteiger partial charge in [0.05, 0.1) is 13.0 Å². The van der Waals surface area contributed by atoms with Crippen molar-refractivity contribution >= 4 is 5.91 Å². The van der Waals surface area contributed by atoms with Gasteiger partial charge >= 0.3 is 0 Å². The van der Waals surface area contributed by atoms with Crippen LogP contribution < -0.4 is 10.5 Å². The summed E-state index contributed by atoms with van der Waals surface area (Å²) in [5.41, 5.74) is 5.55. The lowest BCUT2D eigenvalue weighted by Gasteiger charge is -2.29. The van der Waals surface area contributed by atoms with Crippen LogP contribution in [-0.2, 0) is 4.79 Å². The number of nitrogens with zero attached hydrogens (tertiary/aromatic N) is 1. The highest BCUT2D eigenvalue weighted by molar-refractivity contribution is 5.76. The number of halogens is 1. The molecule has 0 aliphatic carbocycles. The summed E-state index contributed by atoms with van der Waals surface area (Å²) < 4.78 is 18.1. The minimum Gasteiger partial charge on any atom is -0.493 e. The first kappa shape index (κ1) is 16.4. The third-order valence-corrected chi connectivity index (χ3v) is 3.04. The summed E-state index contributed by atoms with van der Waals surface area (Å²) in [5, 5.41) is 0. The highest BCUT2D eigenvalue weighted by atomic mass is 19.1. The van der Waals surface area contributed by atoms with Crippen molar-refractivity contribution in [2.75, 3.05) is 26.7 Å². The van der Waals surface area contributed by atoms with Crippen molar-refractivity contribution in [3.05, 3.63) is 30.1 Å². The van der Waals surface area contributed by atoms with Crippen LogP contribution in [0.4, 0.5) is 4.39 Å². The van der Waals surface area contributed by atoms with Crippen molar-refractivity contribution in [3.8, 4) is 5.75 Å². The Labute approximate surface area is 119 Å². The van der Waals surface area contributed by atoms with Gasteiger partial charge in [-0.3, -0.25) is 4.79 Å². The fraction of sp³-hybridized carbons (Fsp3) is 0.533. The fourth-order valence-electron chi connectivity index (χ4n) is 1.77. The number of hydrogen-bond donors (Lipinski definition) is 1. The molecule has 20 heavy (non-hydrogen) atoms. The van der Waals surface area contributed by atoms with Crippen LogP contribution >= 0.6 is 0 Å². The van der Waals surface area contributed by atoms with Crippen LogP contribution in [0.3, 0.4) is 0 Å². The summed E-state index contributed by atoms with van der Waals surface area (Å²) >= 11 is 0. The molecule has 1 aromatic rings. The number of benzene rings is 1. The van der Waals surface area contributed by atoms with Gasteiger partial charge in [0.2, 0.25) is 5.91 Å². The average Bonchev–Trinajstić information content (AvgIpc) is 2.40. The van der Waals surface area contributed by atoms with E-state index in [1.807, 2.05) is 13.8 Å². The lowest BCUT2D eigenvalue weighted by molar-refractivity contribution is -0.131. The van der Waals surface area contributed by atoms with E-state index in [0.717, 1.165) is 0 Å². The van der Waals surface area contributed by atoms with Crippen LogP contribution in [0.5, 0.6) is 5.75 Å². The lowest BCUT2D eigenvalue weighted by Crippen LogP contribution is -2.40. The van der Waals surface area contributed by atoms with Crippen molar-refractivity contribution in [1.82, 2.24) is 4.90 Å². The molecule has 0 atom stereocenters. The maximum absolute atomic E-state index is 12.7. The number of nitrogens with two attached hydrogens (primary N) is 1. The Morgan fingerprint density at radius 2 is 1.95 bits per heavy atom. The number of rotatable bonds is 7. The van der Waals surface area contributed by atoms with Crippen molar-refractivity contribution in [2.45, 2.75) is 20.3 Å². The maximum Gasteiger partial charge on any atom is 0.225 e. The van der Waals surface area contributed by atoms with Gasteiger partial charge in [-0.15, -0.1) is 0 Å². The average molecular weight is 282 g/mol. The van der Waals surface area contributed by atoms with E-state index in [1.165, 1.54) is 12.1 Å². The van der Waals surface area contributed by atoms with E-state index in [-0.39, 0.29) is 30.2 Å². The third kappa shape index (κ3) is 5.57. The van der Waals surface area contributed by atoms with Gasteiger partial charge < -0.3 is 15.4 Å². The first-order valence-corrected chi connectivity index (χ1v) is 6.66. The highest BCUT2D eigenvalue weighted by Crippen LogP contribution is 2.15. The molecule has 1 amide bonds. The highest BCUT2D eigenvalue weighted by Gasteiger charge is 2.20. The van der Waals surface area contributed by atoms with E-state index < -0.39 is 0 Å². The van der Waals surface area contributed by atoms with Gasteiger partial charge in [0.1, 0.15) is 11.6 Å². The molecule has 0 fully saturated rings. The van der Waals surface area contributed by atoms with Gasteiger partial charge in [-0.05, 0) is 36.2 Å². The Kier molecular flexibility index (Phi) is 5.95. The van der Waals surface area contributed by atoms with Crippen molar-refractivity contribution in [3.63, 3.8) is 0 Å². The number of hydrogen-bond acceptors (Lipinski definition) is 3. The van der Waals surface area contributed by atoms with Gasteiger partial charge in [-0.1, -0.05) is 13.8 Å². The minimum atomic E-state index is -0.308. The fourth-order valence-corrected chi connectivity index (χ4v) is 1.77. The van der Waals surface area contributed by atoms with Crippen LogP contribution in [0.15, 0.2) is 24.3 Å². The Bertz CT molecular complexity index is 432. The van der Waals surface area contributed by atoms with Gasteiger partial charge in [0.25, 0.3) is 0 Å². The van der Waals surface area contributed by atoms with E-state index in [4.69, 9.17) is 10.5 Å². The van der Waals surface area contributed by atoms with Crippen LogP contribution in [0, 0.1) is 11.2 Å². The first-order chi connectivity index (χ1) is 9.34. The normalized spacial score (nSPS) is 11.2. The molecule has 1 rings (SSSR count). The van der Waals surface area contributed by atoms with Crippen LogP contribution in [0.25, 0.3) is 0 Å². The number of amides is 1. The maximum atomic E-state index is 12.7. The summed E-state index contributed by atoms with van der Waals surface area (Å²) in [6.07, 6.45) is 0.286. The first-order valence-electron chi connectivity index (χ1n) is 6.66. The Hall–Kier alpha value is -1.62. The van der Waals surface area contributed by atoms with Gasteiger partial charge in [0.15, 0.2) is 0 Å². The van der Waals surface area contributed by atoms with Crippen LogP contribution in [-0.4, -0.2) is 37.6 Å². The zero-order chi connectivity index (χ0) is 15.2. The molecule has 0 unspecified atom stereocenters. The van der Waals surface area contributed by atoms with E-state index in [9.17, 15) is 9.18 Å². The molecule has 5 heteroatoms. The molecule has 0 bridgehead atoms. The van der Waals surface area contributed by atoms with E-state index >= 15 is 0 Å². The minimum absolute atomic E-state index is 0.00800. The van der Waals surface area contributed by atoms with Gasteiger partial charge in [0, 0.05) is 13.6 Å².